The third-order valence-electron chi connectivity index (χ3n) is 7.43. The number of allylic oxidation sites excluding steroid dienone is 2. The summed E-state index contributed by atoms with van der Waals surface area (Å²) >= 11 is 1.35. The van der Waals surface area contributed by atoms with E-state index in [2.05, 4.69) is 10.3 Å². The van der Waals surface area contributed by atoms with Gasteiger partial charge in [-0.15, -0.1) is 5.10 Å². The minimum Gasteiger partial charge on any atom is -0.484 e. The number of Topliss-reactive ketones (excluding diaryl/α,β-unsaturated/α-hetero) is 1. The third kappa shape index (κ3) is 5.43. The summed E-state index contributed by atoms with van der Waals surface area (Å²) in [4.78, 5) is 32.1. The van der Waals surface area contributed by atoms with E-state index in [1.54, 1.807) is 16.8 Å². The van der Waals surface area contributed by atoms with Crippen molar-refractivity contribution in [2.75, 3.05) is 25.0 Å². The highest BCUT2D eigenvalue weighted by Gasteiger charge is 2.37. The quantitative estimate of drug-likeness (QED) is 0.411. The van der Waals surface area contributed by atoms with Crippen LogP contribution in [0.25, 0.3) is 0 Å². The van der Waals surface area contributed by atoms with Gasteiger partial charge in [-0.2, -0.15) is 4.98 Å². The largest absolute Gasteiger partial charge is 0.484 e. The second kappa shape index (κ2) is 11.2. The number of amides is 1. The number of fused-ring (bicyclic) bond motifs is 1. The topological polar surface area (TPSA) is 89.4 Å². The molecule has 1 aromatic heterocycles. The Balaban J connectivity index is 1.22. The van der Waals surface area contributed by atoms with E-state index < -0.39 is 6.04 Å². The highest BCUT2D eigenvalue weighted by atomic mass is 32.2. The first-order chi connectivity index (χ1) is 19.1. The van der Waals surface area contributed by atoms with Crippen molar-refractivity contribution in [1.82, 2.24) is 19.7 Å². The number of anilines is 1. The smallest absolute Gasteiger partial charge is 0.260 e. The van der Waals surface area contributed by atoms with E-state index in [4.69, 9.17) is 9.84 Å². The van der Waals surface area contributed by atoms with Gasteiger partial charge < -0.3 is 15.0 Å². The number of nitrogens with zero attached hydrogens (tertiary/aromatic N) is 4. The molecular formula is C29H30FN5O3S. The summed E-state index contributed by atoms with van der Waals surface area (Å²) in [6.07, 6.45) is 5.31. The fourth-order valence-corrected chi connectivity index (χ4v) is 6.21. The Morgan fingerprint density at radius 2 is 1.85 bits per heavy atom. The zero-order chi connectivity index (χ0) is 26.8. The number of nitrogens with one attached hydrogen (secondary N) is 1. The molecule has 39 heavy (non-hydrogen) atoms. The van der Waals surface area contributed by atoms with Gasteiger partial charge >= 0.3 is 0 Å². The van der Waals surface area contributed by atoms with Gasteiger partial charge in [-0.3, -0.25) is 9.59 Å². The number of ketones is 1. The molecule has 0 radical (unpaired) electrons. The van der Waals surface area contributed by atoms with Crippen LogP contribution in [0.5, 0.6) is 5.75 Å². The lowest BCUT2D eigenvalue weighted by Crippen LogP contribution is -2.38. The summed E-state index contributed by atoms with van der Waals surface area (Å²) in [5, 5.41) is 8.57. The zero-order valence-electron chi connectivity index (χ0n) is 21.6. The van der Waals surface area contributed by atoms with Crippen LogP contribution in [0.15, 0.2) is 65.0 Å². The van der Waals surface area contributed by atoms with Gasteiger partial charge in [-0.1, -0.05) is 42.1 Å². The molecule has 3 heterocycles. The van der Waals surface area contributed by atoms with Crippen LogP contribution in [0.3, 0.4) is 0 Å². The lowest BCUT2D eigenvalue weighted by atomic mass is 9.85. The number of aromatic nitrogens is 3. The second-order valence-electron chi connectivity index (χ2n) is 10.0. The van der Waals surface area contributed by atoms with Gasteiger partial charge in [0.2, 0.25) is 11.1 Å². The predicted molar refractivity (Wildman–Crippen MR) is 146 cm³/mol. The molecule has 3 aromatic rings. The molecule has 1 saturated heterocycles. The molecule has 1 N–H and O–H groups in total. The number of piperidine rings is 1. The first kappa shape index (κ1) is 25.6. The van der Waals surface area contributed by atoms with E-state index in [1.165, 1.54) is 24.2 Å². The maximum atomic E-state index is 14.1. The minimum atomic E-state index is -0.427. The lowest BCUT2D eigenvalue weighted by Gasteiger charge is -2.32. The number of carbonyl (C=O) groups excluding carboxylic acids is 2. The van der Waals surface area contributed by atoms with E-state index in [0.29, 0.717) is 40.2 Å². The van der Waals surface area contributed by atoms with Crippen LogP contribution in [0.2, 0.25) is 0 Å². The summed E-state index contributed by atoms with van der Waals surface area (Å²) in [5.74, 6) is 1.41. The molecule has 1 aliphatic carbocycles. The molecule has 202 valence electrons. The zero-order valence-corrected chi connectivity index (χ0v) is 22.4. The molecule has 1 unspecified atom stereocenters. The average Bonchev–Trinajstić information content (AvgIpc) is 3.38. The molecule has 10 heteroatoms. The monoisotopic (exact) mass is 547 g/mol. The van der Waals surface area contributed by atoms with Crippen molar-refractivity contribution in [3.63, 3.8) is 0 Å². The Hall–Kier alpha value is -3.66. The SMILES string of the molecule is O=C1CCCC2=C1C(c1ccc(OCC(=O)N3CCCCC3)cc1)n1nc(SCc3ccccc3F)nc1N2. The molecule has 0 spiro atoms. The number of hydrogen-bond donors (Lipinski definition) is 1. The van der Waals surface area contributed by atoms with E-state index in [-0.39, 0.29) is 24.1 Å². The van der Waals surface area contributed by atoms with Crippen molar-refractivity contribution in [2.24, 2.45) is 0 Å². The minimum absolute atomic E-state index is 0.00685. The Labute approximate surface area is 230 Å². The molecule has 1 amide bonds. The molecule has 1 fully saturated rings. The highest BCUT2D eigenvalue weighted by molar-refractivity contribution is 7.98. The van der Waals surface area contributed by atoms with Gasteiger partial charge in [-0.25, -0.2) is 9.07 Å². The fraction of sp³-hybridized carbons (Fsp3) is 0.379. The van der Waals surface area contributed by atoms with Crippen LogP contribution in [0, 0.1) is 5.82 Å². The summed E-state index contributed by atoms with van der Waals surface area (Å²) in [6, 6.07) is 13.7. The number of ether oxygens (including phenoxy) is 1. The fourth-order valence-electron chi connectivity index (χ4n) is 5.39. The van der Waals surface area contributed by atoms with Crippen molar-refractivity contribution in [2.45, 2.75) is 55.5 Å². The Bertz CT molecular complexity index is 1410. The molecular weight excluding hydrogens is 517 g/mol. The molecule has 0 bridgehead atoms. The maximum absolute atomic E-state index is 14.1. The van der Waals surface area contributed by atoms with E-state index >= 15 is 0 Å². The van der Waals surface area contributed by atoms with Crippen molar-refractivity contribution in [3.05, 3.63) is 76.7 Å². The van der Waals surface area contributed by atoms with Crippen molar-refractivity contribution in [1.29, 1.82) is 0 Å². The summed E-state index contributed by atoms with van der Waals surface area (Å²) in [5.41, 5.74) is 3.06. The first-order valence-corrected chi connectivity index (χ1v) is 14.4. The molecule has 3 aliphatic rings. The van der Waals surface area contributed by atoms with Crippen molar-refractivity contribution >= 4 is 29.4 Å². The predicted octanol–water partition coefficient (Wildman–Crippen LogP) is 5.12. The number of hydrogen-bond acceptors (Lipinski definition) is 7. The highest BCUT2D eigenvalue weighted by Crippen LogP contribution is 2.41. The first-order valence-electron chi connectivity index (χ1n) is 13.4. The number of benzene rings is 2. The number of thioether (sulfide) groups is 1. The Morgan fingerprint density at radius 3 is 2.64 bits per heavy atom. The van der Waals surface area contributed by atoms with Crippen LogP contribution in [-0.2, 0) is 15.3 Å². The van der Waals surface area contributed by atoms with Crippen LogP contribution < -0.4 is 10.1 Å². The van der Waals surface area contributed by atoms with Crippen LogP contribution in [0.1, 0.15) is 55.7 Å². The van der Waals surface area contributed by atoms with Gasteiger partial charge in [0.15, 0.2) is 12.4 Å². The molecule has 1 atom stereocenters. The van der Waals surface area contributed by atoms with Crippen LogP contribution in [-0.4, -0.2) is 51.1 Å². The number of likely N-dealkylation sites (tertiary alicyclic amines) is 1. The van der Waals surface area contributed by atoms with Gasteiger partial charge in [0.05, 0.1) is 0 Å². The van der Waals surface area contributed by atoms with E-state index in [0.717, 1.165) is 50.0 Å². The van der Waals surface area contributed by atoms with E-state index in [9.17, 15) is 14.0 Å². The van der Waals surface area contributed by atoms with Gasteiger partial charge in [0.1, 0.15) is 17.6 Å². The maximum Gasteiger partial charge on any atom is 0.260 e. The molecule has 6 rings (SSSR count). The van der Waals surface area contributed by atoms with Gasteiger partial charge in [0, 0.05) is 36.5 Å². The van der Waals surface area contributed by atoms with Crippen LogP contribution >= 0.6 is 11.8 Å². The third-order valence-corrected chi connectivity index (χ3v) is 8.32. The Morgan fingerprint density at radius 1 is 1.05 bits per heavy atom. The summed E-state index contributed by atoms with van der Waals surface area (Å²) in [6.45, 7) is 1.60. The van der Waals surface area contributed by atoms with Crippen molar-refractivity contribution < 1.29 is 18.7 Å². The van der Waals surface area contributed by atoms with Gasteiger partial charge in [0.25, 0.3) is 5.91 Å². The molecule has 8 nitrogen and oxygen atoms in total. The Kier molecular flexibility index (Phi) is 7.36. The summed E-state index contributed by atoms with van der Waals surface area (Å²) < 4.78 is 21.7. The number of halogens is 1. The number of carbonyl (C=O) groups is 2. The van der Waals surface area contributed by atoms with Crippen molar-refractivity contribution in [3.8, 4) is 5.75 Å². The van der Waals surface area contributed by atoms with Crippen LogP contribution in [0.4, 0.5) is 10.3 Å². The molecule has 2 aliphatic heterocycles. The normalized spacial score (nSPS) is 18.8. The number of rotatable bonds is 7. The molecule has 0 saturated carbocycles. The van der Waals surface area contributed by atoms with E-state index in [1.807, 2.05) is 35.2 Å². The van der Waals surface area contributed by atoms with Gasteiger partial charge in [-0.05, 0) is 61.4 Å². The standard InChI is InChI=1S/C29H30FN5O3S/c30-22-8-3-2-7-20(22)18-39-29-32-28-31-23-9-6-10-24(36)26(23)27(35(28)33-29)19-11-13-21(14-12-19)38-17-25(37)34-15-4-1-5-16-34/h2-3,7-8,11-14,27H,1,4-6,9-10,15-18H2,(H,31,32,33). The summed E-state index contributed by atoms with van der Waals surface area (Å²) in [7, 11) is 0. The lowest BCUT2D eigenvalue weighted by molar-refractivity contribution is -0.134. The second-order valence-corrected chi connectivity index (χ2v) is 11.0. The molecule has 2 aromatic carbocycles. The average molecular weight is 548 g/mol.